The lowest BCUT2D eigenvalue weighted by Crippen LogP contribution is -2.27. The van der Waals surface area contributed by atoms with E-state index in [1.165, 1.54) is 16.7 Å². The van der Waals surface area contributed by atoms with Crippen molar-refractivity contribution in [1.29, 1.82) is 0 Å². The van der Waals surface area contributed by atoms with Crippen molar-refractivity contribution in [1.82, 2.24) is 14.5 Å². The summed E-state index contributed by atoms with van der Waals surface area (Å²) >= 11 is 0. The molecule has 1 unspecified atom stereocenters. The average Bonchev–Trinajstić information content (AvgIpc) is 3.46. The molecule has 192 valence electrons. The first-order valence-corrected chi connectivity index (χ1v) is 13.5. The number of carbonyl (C=O) groups is 1. The zero-order valence-corrected chi connectivity index (χ0v) is 22.2. The largest absolute Gasteiger partial charge is 0.493 e. The first kappa shape index (κ1) is 25.1. The summed E-state index contributed by atoms with van der Waals surface area (Å²) in [5, 5.41) is 0. The minimum Gasteiger partial charge on any atom is -0.493 e. The molecule has 2 heterocycles. The number of aryl methyl sites for hydroxylation is 2. The summed E-state index contributed by atoms with van der Waals surface area (Å²) in [4.78, 5) is 19.9. The van der Waals surface area contributed by atoms with Crippen LogP contribution in [0.2, 0.25) is 0 Å². The van der Waals surface area contributed by atoms with Crippen LogP contribution in [0.15, 0.2) is 72.8 Å². The standard InChI is InChI=1S/C32H37N3O2/c1-23(2)27-15-14-24(3)20-30(27)37-19-9-17-35-29-13-8-7-12-28(29)33-32(35)26-21-31(36)34(22-26)18-16-25-10-5-4-6-11-25/h4-8,10-15,20,23,26H,9,16-19,21-22H2,1-3H3. The Balaban J connectivity index is 1.28. The van der Waals surface area contributed by atoms with Crippen molar-refractivity contribution < 1.29 is 9.53 Å². The Bertz CT molecular complexity index is 1360. The van der Waals surface area contributed by atoms with Crippen LogP contribution >= 0.6 is 0 Å². The van der Waals surface area contributed by atoms with Gasteiger partial charge in [-0.1, -0.05) is 68.4 Å². The van der Waals surface area contributed by atoms with E-state index in [9.17, 15) is 4.79 Å². The molecule has 4 aromatic rings. The van der Waals surface area contributed by atoms with Gasteiger partial charge in [0.25, 0.3) is 0 Å². The fourth-order valence-electron chi connectivity index (χ4n) is 5.36. The number of amides is 1. The molecule has 1 aromatic heterocycles. The number of hydrogen-bond donors (Lipinski definition) is 0. The summed E-state index contributed by atoms with van der Waals surface area (Å²) < 4.78 is 8.58. The van der Waals surface area contributed by atoms with Crippen molar-refractivity contribution in [3.63, 3.8) is 0 Å². The van der Waals surface area contributed by atoms with Crippen LogP contribution in [0, 0.1) is 6.92 Å². The van der Waals surface area contributed by atoms with Gasteiger partial charge in [-0.15, -0.1) is 0 Å². The van der Waals surface area contributed by atoms with E-state index in [0.29, 0.717) is 18.9 Å². The quantitative estimate of drug-likeness (QED) is 0.236. The summed E-state index contributed by atoms with van der Waals surface area (Å²) in [5.41, 5.74) is 5.85. The number of carbonyl (C=O) groups excluding carboxylic acids is 1. The fourth-order valence-corrected chi connectivity index (χ4v) is 5.36. The van der Waals surface area contributed by atoms with Gasteiger partial charge in [-0.2, -0.15) is 0 Å². The van der Waals surface area contributed by atoms with Gasteiger partial charge in [0.2, 0.25) is 5.91 Å². The van der Waals surface area contributed by atoms with Crippen molar-refractivity contribution in [3.8, 4) is 5.75 Å². The number of imidazole rings is 1. The minimum atomic E-state index is 0.112. The first-order chi connectivity index (χ1) is 18.0. The number of aromatic nitrogens is 2. The molecule has 0 saturated carbocycles. The summed E-state index contributed by atoms with van der Waals surface area (Å²) in [5.74, 6) is 2.77. The molecule has 5 nitrogen and oxygen atoms in total. The van der Waals surface area contributed by atoms with E-state index in [1.807, 2.05) is 17.0 Å². The SMILES string of the molecule is Cc1ccc(C(C)C)c(OCCCn2c(C3CC(=O)N(CCc4ccccc4)C3)nc3ccccc32)c1. The molecule has 1 aliphatic rings. The van der Waals surface area contributed by atoms with E-state index in [-0.39, 0.29) is 11.8 Å². The summed E-state index contributed by atoms with van der Waals surface area (Å²) in [6.07, 6.45) is 2.28. The number of para-hydroxylation sites is 2. The highest BCUT2D eigenvalue weighted by atomic mass is 16.5. The van der Waals surface area contributed by atoms with E-state index >= 15 is 0 Å². The molecular weight excluding hydrogens is 458 g/mol. The molecule has 1 fully saturated rings. The molecule has 5 rings (SSSR count). The number of hydrogen-bond acceptors (Lipinski definition) is 3. The zero-order valence-electron chi connectivity index (χ0n) is 22.2. The first-order valence-electron chi connectivity index (χ1n) is 13.5. The van der Waals surface area contributed by atoms with Crippen LogP contribution in [-0.4, -0.2) is 40.1 Å². The predicted octanol–water partition coefficient (Wildman–Crippen LogP) is 6.50. The fraction of sp³-hybridized carbons (Fsp3) is 0.375. The van der Waals surface area contributed by atoms with Crippen molar-refractivity contribution in [2.45, 2.75) is 58.4 Å². The number of ether oxygens (including phenoxy) is 1. The highest BCUT2D eigenvalue weighted by Gasteiger charge is 2.33. The van der Waals surface area contributed by atoms with Crippen LogP contribution in [0.5, 0.6) is 5.75 Å². The molecule has 3 aromatic carbocycles. The van der Waals surface area contributed by atoms with Crippen molar-refractivity contribution in [3.05, 3.63) is 95.3 Å². The molecule has 37 heavy (non-hydrogen) atoms. The van der Waals surface area contributed by atoms with Crippen LogP contribution in [0.4, 0.5) is 0 Å². The zero-order chi connectivity index (χ0) is 25.8. The topological polar surface area (TPSA) is 47.4 Å². The van der Waals surface area contributed by atoms with E-state index in [0.717, 1.165) is 55.1 Å². The molecule has 0 spiro atoms. The second-order valence-corrected chi connectivity index (χ2v) is 10.5. The molecule has 1 saturated heterocycles. The Hall–Kier alpha value is -3.60. The van der Waals surface area contributed by atoms with Crippen LogP contribution < -0.4 is 4.74 Å². The maximum absolute atomic E-state index is 12.9. The molecule has 0 N–H and O–H groups in total. The van der Waals surface area contributed by atoms with Crippen molar-refractivity contribution in [2.24, 2.45) is 0 Å². The highest BCUT2D eigenvalue weighted by Crippen LogP contribution is 2.31. The third-order valence-electron chi connectivity index (χ3n) is 7.35. The van der Waals surface area contributed by atoms with E-state index in [2.05, 4.69) is 86.0 Å². The van der Waals surface area contributed by atoms with Crippen LogP contribution in [0.25, 0.3) is 11.0 Å². The second kappa shape index (κ2) is 11.2. The number of benzene rings is 3. The Morgan fingerprint density at radius 3 is 2.59 bits per heavy atom. The lowest BCUT2D eigenvalue weighted by atomic mass is 10.0. The molecule has 0 aliphatic carbocycles. The molecular formula is C32H37N3O2. The monoisotopic (exact) mass is 495 g/mol. The normalized spacial score (nSPS) is 15.7. The van der Waals surface area contributed by atoms with Gasteiger partial charge in [0, 0.05) is 32.0 Å². The van der Waals surface area contributed by atoms with Gasteiger partial charge in [0.05, 0.1) is 17.6 Å². The van der Waals surface area contributed by atoms with Gasteiger partial charge in [-0.3, -0.25) is 4.79 Å². The molecule has 0 radical (unpaired) electrons. The average molecular weight is 496 g/mol. The third-order valence-corrected chi connectivity index (χ3v) is 7.35. The van der Waals surface area contributed by atoms with Gasteiger partial charge in [-0.05, 0) is 60.6 Å². The van der Waals surface area contributed by atoms with E-state index < -0.39 is 0 Å². The Morgan fingerprint density at radius 1 is 1.00 bits per heavy atom. The predicted molar refractivity (Wildman–Crippen MR) is 149 cm³/mol. The maximum atomic E-state index is 12.9. The molecule has 5 heteroatoms. The number of nitrogens with zero attached hydrogens (tertiary/aromatic N) is 3. The summed E-state index contributed by atoms with van der Waals surface area (Å²) in [6.45, 7) is 9.44. The van der Waals surface area contributed by atoms with E-state index in [1.54, 1.807) is 0 Å². The Kier molecular flexibility index (Phi) is 7.59. The molecule has 0 bridgehead atoms. The lowest BCUT2D eigenvalue weighted by molar-refractivity contribution is -0.127. The molecule has 1 atom stereocenters. The van der Waals surface area contributed by atoms with Crippen LogP contribution in [0.3, 0.4) is 0 Å². The second-order valence-electron chi connectivity index (χ2n) is 10.5. The number of rotatable bonds is 10. The Morgan fingerprint density at radius 2 is 1.78 bits per heavy atom. The van der Waals surface area contributed by atoms with E-state index in [4.69, 9.17) is 9.72 Å². The number of likely N-dealkylation sites (tertiary alicyclic amines) is 1. The van der Waals surface area contributed by atoms with Crippen LogP contribution in [-0.2, 0) is 17.8 Å². The van der Waals surface area contributed by atoms with Gasteiger partial charge in [0.1, 0.15) is 11.6 Å². The Labute approximate surface area is 220 Å². The summed E-state index contributed by atoms with van der Waals surface area (Å²) in [6, 6.07) is 25.2. The van der Waals surface area contributed by atoms with Gasteiger partial charge in [-0.25, -0.2) is 4.98 Å². The van der Waals surface area contributed by atoms with Crippen molar-refractivity contribution in [2.75, 3.05) is 19.7 Å². The lowest BCUT2D eigenvalue weighted by Gasteiger charge is -2.18. The number of fused-ring (bicyclic) bond motifs is 1. The minimum absolute atomic E-state index is 0.112. The molecule has 1 amide bonds. The third kappa shape index (κ3) is 5.71. The van der Waals surface area contributed by atoms with Gasteiger partial charge in [0.15, 0.2) is 0 Å². The van der Waals surface area contributed by atoms with Gasteiger partial charge < -0.3 is 14.2 Å². The van der Waals surface area contributed by atoms with Gasteiger partial charge >= 0.3 is 0 Å². The molecule has 1 aliphatic heterocycles. The summed E-state index contributed by atoms with van der Waals surface area (Å²) in [7, 11) is 0. The van der Waals surface area contributed by atoms with Crippen molar-refractivity contribution >= 4 is 16.9 Å². The maximum Gasteiger partial charge on any atom is 0.223 e. The highest BCUT2D eigenvalue weighted by molar-refractivity contribution is 5.81. The van der Waals surface area contributed by atoms with Crippen LogP contribution in [0.1, 0.15) is 61.0 Å². The smallest absolute Gasteiger partial charge is 0.223 e.